The molecule has 0 aliphatic rings. The minimum Gasteiger partial charge on any atom is -0.504 e. The first-order valence-electron chi connectivity index (χ1n) is 6.19. The Labute approximate surface area is 129 Å². The van der Waals surface area contributed by atoms with Crippen LogP contribution in [0.3, 0.4) is 0 Å². The van der Waals surface area contributed by atoms with Crippen molar-refractivity contribution in [3.8, 4) is 5.75 Å². The van der Waals surface area contributed by atoms with Gasteiger partial charge < -0.3 is 15.7 Å². The van der Waals surface area contributed by atoms with Crippen LogP contribution >= 0.6 is 35.4 Å². The minimum atomic E-state index is -0.0405. The highest BCUT2D eigenvalue weighted by atomic mass is 35.5. The molecule has 1 aromatic rings. The highest BCUT2D eigenvalue weighted by Crippen LogP contribution is 2.38. The minimum absolute atomic E-state index is 0.0405. The van der Waals surface area contributed by atoms with Crippen LogP contribution in [0.15, 0.2) is 6.07 Å². The molecule has 0 heterocycles. The molecule has 0 bridgehead atoms. The van der Waals surface area contributed by atoms with E-state index in [1.807, 2.05) is 0 Å². The van der Waals surface area contributed by atoms with Crippen LogP contribution in [0.1, 0.15) is 31.7 Å². The lowest BCUT2D eigenvalue weighted by Gasteiger charge is -2.14. The van der Waals surface area contributed by atoms with Crippen molar-refractivity contribution in [1.29, 1.82) is 0 Å². The zero-order chi connectivity index (χ0) is 14.4. The highest BCUT2D eigenvalue weighted by Gasteiger charge is 2.13. The van der Waals surface area contributed by atoms with E-state index in [4.69, 9.17) is 35.4 Å². The third-order valence-electron chi connectivity index (χ3n) is 2.74. The molecular formula is C13H18Cl2N2OS. The van der Waals surface area contributed by atoms with E-state index in [0.717, 1.165) is 25.8 Å². The Hall–Kier alpha value is -0.710. The number of rotatable bonds is 5. The molecule has 1 rings (SSSR count). The molecule has 1 aromatic carbocycles. The average Bonchev–Trinajstić information content (AvgIpc) is 2.38. The number of phenols is 1. The van der Waals surface area contributed by atoms with Crippen molar-refractivity contribution in [3.63, 3.8) is 0 Å². The second-order valence-corrected chi connectivity index (χ2v) is 5.47. The van der Waals surface area contributed by atoms with Crippen LogP contribution in [0.25, 0.3) is 0 Å². The van der Waals surface area contributed by atoms with Gasteiger partial charge in [0.15, 0.2) is 10.9 Å². The van der Waals surface area contributed by atoms with Crippen molar-refractivity contribution in [1.82, 2.24) is 5.32 Å². The highest BCUT2D eigenvalue weighted by molar-refractivity contribution is 7.80. The van der Waals surface area contributed by atoms with Gasteiger partial charge in [-0.05, 0) is 37.2 Å². The molecule has 0 unspecified atom stereocenters. The summed E-state index contributed by atoms with van der Waals surface area (Å²) in [6.07, 6.45) is 3.37. The zero-order valence-electron chi connectivity index (χ0n) is 11.0. The molecule has 0 aromatic heterocycles. The molecule has 0 saturated carbocycles. The van der Waals surface area contributed by atoms with Gasteiger partial charge >= 0.3 is 0 Å². The maximum Gasteiger partial charge on any atom is 0.170 e. The SMILES string of the molecule is CCCCCNC(=S)Nc1cc(Cl)c(C)c(Cl)c1O. The predicted molar refractivity (Wildman–Crippen MR) is 86.6 cm³/mol. The van der Waals surface area contributed by atoms with E-state index in [-0.39, 0.29) is 10.8 Å². The Morgan fingerprint density at radius 1 is 1.37 bits per heavy atom. The van der Waals surface area contributed by atoms with E-state index >= 15 is 0 Å². The lowest BCUT2D eigenvalue weighted by atomic mass is 10.2. The van der Waals surface area contributed by atoms with Crippen molar-refractivity contribution in [2.75, 3.05) is 11.9 Å². The first kappa shape index (κ1) is 16.3. The summed E-state index contributed by atoms with van der Waals surface area (Å²) in [6.45, 7) is 4.69. The van der Waals surface area contributed by atoms with Crippen LogP contribution in [0, 0.1) is 6.92 Å². The fraction of sp³-hybridized carbons (Fsp3) is 0.462. The van der Waals surface area contributed by atoms with Crippen LogP contribution in [-0.4, -0.2) is 16.8 Å². The fourth-order valence-corrected chi connectivity index (χ4v) is 2.21. The maximum atomic E-state index is 9.92. The fourth-order valence-electron chi connectivity index (χ4n) is 1.54. The van der Waals surface area contributed by atoms with Gasteiger partial charge in [-0.1, -0.05) is 43.0 Å². The van der Waals surface area contributed by atoms with Crippen molar-refractivity contribution in [3.05, 3.63) is 21.7 Å². The molecule has 3 N–H and O–H groups in total. The summed E-state index contributed by atoms with van der Waals surface area (Å²) >= 11 is 17.1. The van der Waals surface area contributed by atoms with Crippen LogP contribution in [0.2, 0.25) is 10.0 Å². The molecule has 106 valence electrons. The third kappa shape index (κ3) is 4.71. The molecule has 0 aliphatic carbocycles. The second kappa shape index (κ2) is 7.78. The number of nitrogens with one attached hydrogen (secondary N) is 2. The van der Waals surface area contributed by atoms with Crippen LogP contribution in [0.5, 0.6) is 5.75 Å². The molecule has 19 heavy (non-hydrogen) atoms. The first-order valence-corrected chi connectivity index (χ1v) is 7.36. The van der Waals surface area contributed by atoms with Gasteiger partial charge in [0, 0.05) is 11.6 Å². The monoisotopic (exact) mass is 320 g/mol. The van der Waals surface area contributed by atoms with E-state index in [1.165, 1.54) is 0 Å². The van der Waals surface area contributed by atoms with Gasteiger partial charge in [0.2, 0.25) is 0 Å². The maximum absolute atomic E-state index is 9.92. The van der Waals surface area contributed by atoms with E-state index in [2.05, 4.69) is 17.6 Å². The largest absolute Gasteiger partial charge is 0.504 e. The smallest absolute Gasteiger partial charge is 0.170 e. The molecule has 0 radical (unpaired) electrons. The van der Waals surface area contributed by atoms with E-state index in [9.17, 15) is 5.11 Å². The Balaban J connectivity index is 2.64. The molecular weight excluding hydrogens is 303 g/mol. The predicted octanol–water partition coefficient (Wildman–Crippen LogP) is 4.48. The summed E-state index contributed by atoms with van der Waals surface area (Å²) in [5, 5.41) is 17.1. The summed E-state index contributed by atoms with van der Waals surface area (Å²) < 4.78 is 0. The van der Waals surface area contributed by atoms with Crippen molar-refractivity contribution in [2.24, 2.45) is 0 Å². The quantitative estimate of drug-likeness (QED) is 0.425. The van der Waals surface area contributed by atoms with Crippen molar-refractivity contribution in [2.45, 2.75) is 33.1 Å². The van der Waals surface area contributed by atoms with E-state index in [1.54, 1.807) is 13.0 Å². The Kier molecular flexibility index (Phi) is 6.69. The average molecular weight is 321 g/mol. The molecule has 0 fully saturated rings. The lowest BCUT2D eigenvalue weighted by Crippen LogP contribution is -2.29. The molecule has 0 atom stereocenters. The van der Waals surface area contributed by atoms with Crippen LogP contribution in [0.4, 0.5) is 5.69 Å². The number of anilines is 1. The first-order chi connectivity index (χ1) is 8.97. The number of phenolic OH excluding ortho intramolecular Hbond substituents is 1. The summed E-state index contributed by atoms with van der Waals surface area (Å²) in [5.41, 5.74) is 1.06. The molecule has 0 amide bonds. The van der Waals surface area contributed by atoms with Crippen LogP contribution in [-0.2, 0) is 0 Å². The normalized spacial score (nSPS) is 10.3. The number of aromatic hydroxyl groups is 1. The van der Waals surface area contributed by atoms with Crippen molar-refractivity contribution >= 4 is 46.2 Å². The molecule has 0 spiro atoms. The summed E-state index contributed by atoms with van der Waals surface area (Å²) in [5.74, 6) is -0.0405. The second-order valence-electron chi connectivity index (χ2n) is 4.28. The molecule has 0 aliphatic heterocycles. The standard InChI is InChI=1S/C13H18Cl2N2OS/c1-3-4-5-6-16-13(19)17-10-7-9(14)8(2)11(15)12(10)18/h7,18H,3-6H2,1-2H3,(H2,16,17,19). The summed E-state index contributed by atoms with van der Waals surface area (Å²) in [6, 6.07) is 1.61. The number of halogens is 2. The summed E-state index contributed by atoms with van der Waals surface area (Å²) in [7, 11) is 0. The van der Waals surface area contributed by atoms with Crippen LogP contribution < -0.4 is 10.6 Å². The van der Waals surface area contributed by atoms with E-state index < -0.39 is 0 Å². The van der Waals surface area contributed by atoms with Crippen molar-refractivity contribution < 1.29 is 5.11 Å². The number of thiocarbonyl (C=S) groups is 1. The van der Waals surface area contributed by atoms with Gasteiger partial charge in [0.1, 0.15) is 0 Å². The zero-order valence-corrected chi connectivity index (χ0v) is 13.3. The van der Waals surface area contributed by atoms with Gasteiger partial charge in [-0.2, -0.15) is 0 Å². The Morgan fingerprint density at radius 3 is 2.68 bits per heavy atom. The van der Waals surface area contributed by atoms with Gasteiger partial charge in [-0.25, -0.2) is 0 Å². The number of benzene rings is 1. The van der Waals surface area contributed by atoms with Gasteiger partial charge in [-0.3, -0.25) is 0 Å². The third-order valence-corrected chi connectivity index (χ3v) is 3.84. The topological polar surface area (TPSA) is 44.3 Å². The van der Waals surface area contributed by atoms with Gasteiger partial charge in [0.05, 0.1) is 10.7 Å². The number of unbranched alkanes of at least 4 members (excludes halogenated alkanes) is 2. The van der Waals surface area contributed by atoms with Gasteiger partial charge in [0.25, 0.3) is 0 Å². The van der Waals surface area contributed by atoms with Gasteiger partial charge in [-0.15, -0.1) is 0 Å². The number of hydrogen-bond donors (Lipinski definition) is 3. The Morgan fingerprint density at radius 2 is 2.05 bits per heavy atom. The number of hydrogen-bond acceptors (Lipinski definition) is 2. The summed E-state index contributed by atoms with van der Waals surface area (Å²) in [4.78, 5) is 0. The molecule has 0 saturated heterocycles. The van der Waals surface area contributed by atoms with E-state index in [0.29, 0.717) is 21.4 Å². The molecule has 6 heteroatoms. The Bertz CT molecular complexity index is 466. The lowest BCUT2D eigenvalue weighted by molar-refractivity contribution is 0.477. The molecule has 3 nitrogen and oxygen atoms in total.